The monoisotopic (exact) mass is 427 g/mol. The number of anilines is 1. The highest BCUT2D eigenvalue weighted by atomic mass is 35.5. The number of carbonyl (C=O) groups is 1. The molecule has 6 nitrogen and oxygen atoms in total. The lowest BCUT2D eigenvalue weighted by molar-refractivity contribution is -0.116. The summed E-state index contributed by atoms with van der Waals surface area (Å²) in [6.45, 7) is 4.16. The van der Waals surface area contributed by atoms with Crippen LogP contribution in [0.15, 0.2) is 53.7 Å². The van der Waals surface area contributed by atoms with Crippen molar-refractivity contribution in [2.45, 2.75) is 43.1 Å². The van der Waals surface area contributed by atoms with Crippen molar-refractivity contribution in [3.63, 3.8) is 0 Å². The molecule has 1 amide bonds. The van der Waals surface area contributed by atoms with Gasteiger partial charge in [0.2, 0.25) is 11.1 Å². The number of amides is 1. The summed E-state index contributed by atoms with van der Waals surface area (Å²) >= 11 is 7.38. The highest BCUT2D eigenvalue weighted by molar-refractivity contribution is 8.00. The second-order valence-corrected chi connectivity index (χ2v) is 8.37. The summed E-state index contributed by atoms with van der Waals surface area (Å²) in [4.78, 5) is 13.2. The smallest absolute Gasteiger partial charge is 0.240 e. The van der Waals surface area contributed by atoms with Crippen LogP contribution in [0, 0.1) is 0 Å². The Bertz CT molecular complexity index is 1000. The number of thioether (sulfide) groups is 1. The van der Waals surface area contributed by atoms with E-state index in [0.29, 0.717) is 15.9 Å². The molecule has 2 atom stereocenters. The summed E-state index contributed by atoms with van der Waals surface area (Å²) in [6, 6.07) is 15.3. The topological polar surface area (TPSA) is 71.8 Å². The molecule has 0 radical (unpaired) electrons. The first-order valence-corrected chi connectivity index (χ1v) is 10.9. The van der Waals surface area contributed by atoms with E-state index in [0.717, 1.165) is 24.2 Å². The minimum absolute atomic E-state index is 0.0957. The Kier molecular flexibility index (Phi) is 5.78. The summed E-state index contributed by atoms with van der Waals surface area (Å²) in [5, 5.41) is 12.4. The van der Waals surface area contributed by atoms with E-state index in [1.54, 1.807) is 24.3 Å². The van der Waals surface area contributed by atoms with E-state index in [9.17, 15) is 4.79 Å². The van der Waals surface area contributed by atoms with E-state index < -0.39 is 5.25 Å². The molecule has 2 N–H and O–H groups in total. The van der Waals surface area contributed by atoms with E-state index in [4.69, 9.17) is 11.6 Å². The maximum atomic E-state index is 13.2. The number of benzene rings is 2. The van der Waals surface area contributed by atoms with Crippen molar-refractivity contribution in [1.29, 1.82) is 0 Å². The molecule has 3 aromatic rings. The van der Waals surface area contributed by atoms with Gasteiger partial charge >= 0.3 is 0 Å². The Morgan fingerprint density at radius 3 is 2.48 bits per heavy atom. The van der Waals surface area contributed by atoms with Crippen molar-refractivity contribution in [2.24, 2.45) is 0 Å². The molecule has 29 heavy (non-hydrogen) atoms. The first kappa shape index (κ1) is 19.8. The minimum atomic E-state index is -0.403. The summed E-state index contributed by atoms with van der Waals surface area (Å²) in [6.07, 6.45) is 1.73. The van der Waals surface area contributed by atoms with Crippen LogP contribution >= 0.6 is 23.4 Å². The number of aromatic nitrogens is 3. The van der Waals surface area contributed by atoms with Crippen LogP contribution in [0.2, 0.25) is 5.02 Å². The summed E-state index contributed by atoms with van der Waals surface area (Å²) in [7, 11) is 0. The van der Waals surface area contributed by atoms with Crippen molar-refractivity contribution in [3.05, 3.63) is 70.5 Å². The van der Waals surface area contributed by atoms with Gasteiger partial charge in [-0.25, -0.2) is 4.68 Å². The number of nitrogens with zero attached hydrogens (tertiary/aromatic N) is 3. The molecule has 1 aliphatic rings. The molecule has 150 valence electrons. The van der Waals surface area contributed by atoms with Crippen molar-refractivity contribution in [2.75, 3.05) is 10.7 Å². The molecule has 2 aromatic carbocycles. The fourth-order valence-corrected chi connectivity index (χ4v) is 4.51. The van der Waals surface area contributed by atoms with Crippen LogP contribution in [-0.4, -0.2) is 26.0 Å². The van der Waals surface area contributed by atoms with Gasteiger partial charge in [-0.15, -0.1) is 10.2 Å². The molecule has 0 saturated carbocycles. The number of hydrogen-bond donors (Lipinski definition) is 2. The zero-order valence-corrected chi connectivity index (χ0v) is 17.8. The first-order valence-electron chi connectivity index (χ1n) is 9.61. The van der Waals surface area contributed by atoms with Gasteiger partial charge in [-0.05, 0) is 41.8 Å². The Morgan fingerprint density at radius 2 is 1.83 bits per heavy atom. The molecule has 0 saturated heterocycles. The molecule has 4 rings (SSSR count). The van der Waals surface area contributed by atoms with Gasteiger partial charge in [0.1, 0.15) is 5.25 Å². The van der Waals surface area contributed by atoms with Crippen molar-refractivity contribution < 1.29 is 4.79 Å². The number of carbonyl (C=O) groups excluding carboxylic acids is 1. The van der Waals surface area contributed by atoms with Crippen LogP contribution < -0.4 is 10.7 Å². The van der Waals surface area contributed by atoms with Gasteiger partial charge in [-0.2, -0.15) is 0 Å². The third-order valence-electron chi connectivity index (χ3n) is 4.94. The SMILES string of the molecule is CCc1ccc(C2Nn3c(CC)nnc3SC2C(=O)Nc2ccc(Cl)cc2)cc1. The van der Waals surface area contributed by atoms with Crippen LogP contribution in [0.3, 0.4) is 0 Å². The van der Waals surface area contributed by atoms with Gasteiger partial charge in [0.15, 0.2) is 5.82 Å². The number of rotatable bonds is 5. The molecule has 1 aromatic heterocycles. The Balaban J connectivity index is 1.65. The highest BCUT2D eigenvalue weighted by Crippen LogP contribution is 2.37. The molecule has 0 aliphatic carbocycles. The minimum Gasteiger partial charge on any atom is -0.325 e. The Hall–Kier alpha value is -2.51. The number of aryl methyl sites for hydroxylation is 2. The third-order valence-corrected chi connectivity index (χ3v) is 6.40. The van der Waals surface area contributed by atoms with Gasteiger partial charge in [0, 0.05) is 17.1 Å². The van der Waals surface area contributed by atoms with E-state index in [-0.39, 0.29) is 11.9 Å². The molecule has 0 bridgehead atoms. The predicted molar refractivity (Wildman–Crippen MR) is 117 cm³/mol. The summed E-state index contributed by atoms with van der Waals surface area (Å²) < 4.78 is 1.90. The molecule has 0 fully saturated rings. The normalized spacial score (nSPS) is 18.0. The molecule has 2 unspecified atom stereocenters. The fraction of sp³-hybridized carbons (Fsp3) is 0.286. The standard InChI is InChI=1S/C21H22ClN5OS/c1-3-13-5-7-14(8-6-13)18-19(20(28)23-16-11-9-15(22)10-12-16)29-21-25-24-17(4-2)27(21)26-18/h5-12,18-19,26H,3-4H2,1-2H3,(H,23,28). The molecule has 0 spiro atoms. The lowest BCUT2D eigenvalue weighted by Crippen LogP contribution is -2.41. The fourth-order valence-electron chi connectivity index (χ4n) is 3.29. The second-order valence-electron chi connectivity index (χ2n) is 6.82. The zero-order valence-electron chi connectivity index (χ0n) is 16.2. The zero-order chi connectivity index (χ0) is 20.4. The van der Waals surface area contributed by atoms with Gasteiger partial charge in [0.05, 0.1) is 6.04 Å². The largest absolute Gasteiger partial charge is 0.325 e. The first-order chi connectivity index (χ1) is 14.1. The van der Waals surface area contributed by atoms with Crippen LogP contribution in [-0.2, 0) is 17.6 Å². The molecular weight excluding hydrogens is 406 g/mol. The average Bonchev–Trinajstić information content (AvgIpc) is 3.16. The number of nitrogens with one attached hydrogen (secondary N) is 2. The molecule has 2 heterocycles. The highest BCUT2D eigenvalue weighted by Gasteiger charge is 2.37. The van der Waals surface area contributed by atoms with Crippen molar-refractivity contribution >= 4 is 35.0 Å². The van der Waals surface area contributed by atoms with Crippen LogP contribution in [0.1, 0.15) is 36.8 Å². The van der Waals surface area contributed by atoms with E-state index in [2.05, 4.69) is 52.1 Å². The average molecular weight is 428 g/mol. The Labute approximate surface area is 179 Å². The molecule has 8 heteroatoms. The lowest BCUT2D eigenvalue weighted by Gasteiger charge is -2.33. The van der Waals surface area contributed by atoms with Gasteiger partial charge in [-0.3, -0.25) is 4.79 Å². The van der Waals surface area contributed by atoms with Gasteiger partial charge < -0.3 is 10.7 Å². The Morgan fingerprint density at radius 1 is 1.10 bits per heavy atom. The molecule has 1 aliphatic heterocycles. The van der Waals surface area contributed by atoms with Crippen LogP contribution in [0.25, 0.3) is 0 Å². The quantitative estimate of drug-likeness (QED) is 0.629. The summed E-state index contributed by atoms with van der Waals surface area (Å²) in [5.41, 5.74) is 6.49. The van der Waals surface area contributed by atoms with Gasteiger partial charge in [-0.1, -0.05) is 61.5 Å². The van der Waals surface area contributed by atoms with E-state index in [1.165, 1.54) is 17.3 Å². The van der Waals surface area contributed by atoms with Crippen molar-refractivity contribution in [3.8, 4) is 0 Å². The maximum Gasteiger partial charge on any atom is 0.240 e. The van der Waals surface area contributed by atoms with Crippen LogP contribution in [0.5, 0.6) is 0 Å². The number of fused-ring (bicyclic) bond motifs is 1. The lowest BCUT2D eigenvalue weighted by atomic mass is 10.0. The van der Waals surface area contributed by atoms with E-state index in [1.807, 2.05) is 11.6 Å². The predicted octanol–water partition coefficient (Wildman–Crippen LogP) is 4.45. The molecular formula is C21H22ClN5OS. The second kappa shape index (κ2) is 8.47. The van der Waals surface area contributed by atoms with Crippen molar-refractivity contribution in [1.82, 2.24) is 14.9 Å². The number of halogens is 1. The number of hydrogen-bond acceptors (Lipinski definition) is 5. The van der Waals surface area contributed by atoms with Gasteiger partial charge in [0.25, 0.3) is 0 Å². The summed E-state index contributed by atoms with van der Waals surface area (Å²) in [5.74, 6) is 0.751. The van der Waals surface area contributed by atoms with E-state index >= 15 is 0 Å². The third kappa shape index (κ3) is 4.11. The van der Waals surface area contributed by atoms with Crippen LogP contribution in [0.4, 0.5) is 5.69 Å². The maximum absolute atomic E-state index is 13.2.